The first kappa shape index (κ1) is 26.8. The average molecular weight is 507 g/mol. The zero-order valence-electron chi connectivity index (χ0n) is 19.8. The highest BCUT2D eigenvalue weighted by Gasteiger charge is 2.46. The van der Waals surface area contributed by atoms with Gasteiger partial charge in [0.2, 0.25) is 5.91 Å². The Kier molecular flexibility index (Phi) is 8.11. The fourth-order valence-electron chi connectivity index (χ4n) is 4.35. The Morgan fingerprint density at radius 1 is 1.25 bits per heavy atom. The number of carbonyl (C=O) groups excluding carboxylic acids is 2. The summed E-state index contributed by atoms with van der Waals surface area (Å²) in [6, 6.07) is 8.34. The SMILES string of the molecule is CN=CC(C=N)[C@@H]1[C@@H](C(=O)Nc2ccc(F)c(OC(F)(F)F)c2)c2ccccc2C(=O)N1CC(C)C. The number of hydrogen-bond acceptors (Lipinski definition) is 5. The lowest BCUT2D eigenvalue weighted by atomic mass is 9.76. The summed E-state index contributed by atoms with van der Waals surface area (Å²) in [6.07, 6.45) is -2.55. The second-order valence-corrected chi connectivity index (χ2v) is 8.74. The van der Waals surface area contributed by atoms with Crippen LogP contribution in [0.1, 0.15) is 35.7 Å². The molecule has 2 aromatic rings. The van der Waals surface area contributed by atoms with Gasteiger partial charge in [0, 0.05) is 43.3 Å². The van der Waals surface area contributed by atoms with Gasteiger partial charge in [0.1, 0.15) is 0 Å². The van der Waals surface area contributed by atoms with Crippen molar-refractivity contribution in [2.24, 2.45) is 16.8 Å². The molecule has 2 amide bonds. The molecule has 2 aromatic carbocycles. The lowest BCUT2D eigenvalue weighted by Crippen LogP contribution is -2.56. The molecule has 0 aromatic heterocycles. The third kappa shape index (κ3) is 5.89. The summed E-state index contributed by atoms with van der Waals surface area (Å²) in [6.45, 7) is 4.12. The molecule has 1 aliphatic rings. The number of alkyl halides is 3. The predicted octanol–water partition coefficient (Wildman–Crippen LogP) is 4.89. The largest absolute Gasteiger partial charge is 0.573 e. The molecule has 0 saturated carbocycles. The summed E-state index contributed by atoms with van der Waals surface area (Å²) >= 11 is 0. The van der Waals surface area contributed by atoms with E-state index in [0.29, 0.717) is 17.7 Å². The molecule has 3 rings (SSSR count). The van der Waals surface area contributed by atoms with Crippen molar-refractivity contribution in [3.63, 3.8) is 0 Å². The molecule has 1 aliphatic heterocycles. The number of carbonyl (C=O) groups is 2. The Hall–Kier alpha value is -3.76. The molecule has 0 aliphatic carbocycles. The normalized spacial score (nSPS) is 18.8. The maximum atomic E-state index is 13.9. The van der Waals surface area contributed by atoms with Crippen LogP contribution < -0.4 is 10.1 Å². The number of amides is 2. The third-order valence-electron chi connectivity index (χ3n) is 5.67. The van der Waals surface area contributed by atoms with Gasteiger partial charge in [-0.3, -0.25) is 9.59 Å². The second kappa shape index (κ2) is 10.9. The molecule has 36 heavy (non-hydrogen) atoms. The standard InChI is InChI=1S/C25H26F4N4O3/c1-14(2)13-33-22(15(11-30)12-31-3)21(17-6-4-5-7-18(17)24(33)35)23(34)32-16-8-9-19(26)20(10-16)36-25(27,28)29/h4-12,14-15,21-22,30H,13H2,1-3H3,(H,32,34)/t15?,21-,22+/m0/s1. The summed E-state index contributed by atoms with van der Waals surface area (Å²) in [7, 11) is 1.51. The number of benzene rings is 2. The van der Waals surface area contributed by atoms with E-state index >= 15 is 0 Å². The quantitative estimate of drug-likeness (QED) is 0.394. The van der Waals surface area contributed by atoms with Crippen molar-refractivity contribution in [1.29, 1.82) is 5.41 Å². The topological polar surface area (TPSA) is 94.9 Å². The van der Waals surface area contributed by atoms with Gasteiger partial charge in [0.25, 0.3) is 5.91 Å². The van der Waals surface area contributed by atoms with Crippen LogP contribution in [-0.4, -0.2) is 55.1 Å². The number of anilines is 1. The van der Waals surface area contributed by atoms with E-state index in [1.807, 2.05) is 13.8 Å². The minimum absolute atomic E-state index is 0.0366. The molecule has 0 bridgehead atoms. The molecular formula is C25H26F4N4O3. The van der Waals surface area contributed by atoms with Crippen molar-refractivity contribution in [1.82, 2.24) is 4.90 Å². The summed E-state index contributed by atoms with van der Waals surface area (Å²) in [5.41, 5.74) is 0.599. The molecule has 3 atom stereocenters. The van der Waals surface area contributed by atoms with Gasteiger partial charge in [-0.25, -0.2) is 4.39 Å². The van der Waals surface area contributed by atoms with Crippen LogP contribution >= 0.6 is 0 Å². The smallest absolute Gasteiger partial charge is 0.403 e. The van der Waals surface area contributed by atoms with E-state index in [-0.39, 0.29) is 17.5 Å². The number of hydrogen-bond donors (Lipinski definition) is 2. The van der Waals surface area contributed by atoms with Crippen molar-refractivity contribution >= 4 is 29.9 Å². The number of ether oxygens (including phenoxy) is 1. The van der Waals surface area contributed by atoms with E-state index in [9.17, 15) is 27.2 Å². The Bertz CT molecular complexity index is 1170. The molecule has 11 heteroatoms. The maximum Gasteiger partial charge on any atom is 0.573 e. The van der Waals surface area contributed by atoms with Crippen molar-refractivity contribution in [3.05, 3.63) is 59.4 Å². The summed E-state index contributed by atoms with van der Waals surface area (Å²) in [4.78, 5) is 32.6. The van der Waals surface area contributed by atoms with E-state index in [0.717, 1.165) is 24.4 Å². The van der Waals surface area contributed by atoms with Crippen molar-refractivity contribution in [2.45, 2.75) is 32.2 Å². The first-order valence-electron chi connectivity index (χ1n) is 11.2. The van der Waals surface area contributed by atoms with Crippen molar-refractivity contribution in [2.75, 3.05) is 18.9 Å². The predicted molar refractivity (Wildman–Crippen MR) is 127 cm³/mol. The highest BCUT2D eigenvalue weighted by molar-refractivity contribution is 6.05. The van der Waals surface area contributed by atoms with Crippen LogP contribution in [0.3, 0.4) is 0 Å². The minimum Gasteiger partial charge on any atom is -0.403 e. The third-order valence-corrected chi connectivity index (χ3v) is 5.67. The van der Waals surface area contributed by atoms with Gasteiger partial charge < -0.3 is 25.4 Å². The Labute approximate surface area is 205 Å². The van der Waals surface area contributed by atoms with Crippen molar-refractivity contribution in [3.8, 4) is 5.75 Å². The zero-order chi connectivity index (χ0) is 26.6. The molecule has 0 radical (unpaired) electrons. The minimum atomic E-state index is -5.12. The molecule has 2 N–H and O–H groups in total. The fraction of sp³-hybridized carbons (Fsp3) is 0.360. The first-order valence-corrected chi connectivity index (χ1v) is 11.2. The van der Waals surface area contributed by atoms with Crippen LogP contribution in [0.15, 0.2) is 47.5 Å². The lowest BCUT2D eigenvalue weighted by molar-refractivity contribution is -0.275. The van der Waals surface area contributed by atoms with Crippen LogP contribution in [0.2, 0.25) is 0 Å². The molecule has 0 saturated heterocycles. The summed E-state index contributed by atoms with van der Waals surface area (Å²) < 4.78 is 55.6. The Balaban J connectivity index is 2.09. The number of fused-ring (bicyclic) bond motifs is 1. The van der Waals surface area contributed by atoms with E-state index in [1.165, 1.54) is 18.2 Å². The number of nitrogens with zero attached hydrogens (tertiary/aromatic N) is 2. The molecule has 7 nitrogen and oxygen atoms in total. The Morgan fingerprint density at radius 2 is 1.94 bits per heavy atom. The van der Waals surface area contributed by atoms with Gasteiger partial charge in [0.05, 0.1) is 17.9 Å². The highest BCUT2D eigenvalue weighted by atomic mass is 19.4. The van der Waals surface area contributed by atoms with Crippen LogP contribution in [-0.2, 0) is 4.79 Å². The molecule has 1 unspecified atom stereocenters. The number of rotatable bonds is 8. The summed E-state index contributed by atoms with van der Waals surface area (Å²) in [5.74, 6) is -4.97. The van der Waals surface area contributed by atoms with Gasteiger partial charge >= 0.3 is 6.36 Å². The average Bonchev–Trinajstić information content (AvgIpc) is 2.80. The number of halogens is 4. The lowest BCUT2D eigenvalue weighted by Gasteiger charge is -2.44. The van der Waals surface area contributed by atoms with Gasteiger partial charge in [-0.15, -0.1) is 13.2 Å². The van der Waals surface area contributed by atoms with Crippen LogP contribution in [0, 0.1) is 23.1 Å². The molecule has 0 spiro atoms. The second-order valence-electron chi connectivity index (χ2n) is 8.74. The Morgan fingerprint density at radius 3 is 2.56 bits per heavy atom. The molecule has 1 heterocycles. The molecular weight excluding hydrogens is 480 g/mol. The van der Waals surface area contributed by atoms with Gasteiger partial charge in [-0.1, -0.05) is 32.0 Å². The number of nitrogens with one attached hydrogen (secondary N) is 2. The van der Waals surface area contributed by atoms with Gasteiger partial charge in [0.15, 0.2) is 11.6 Å². The zero-order valence-corrected chi connectivity index (χ0v) is 19.8. The highest BCUT2D eigenvalue weighted by Crippen LogP contribution is 2.38. The fourth-order valence-corrected chi connectivity index (χ4v) is 4.35. The molecule has 192 valence electrons. The maximum absolute atomic E-state index is 13.9. The van der Waals surface area contributed by atoms with E-state index in [4.69, 9.17) is 5.41 Å². The summed E-state index contributed by atoms with van der Waals surface area (Å²) in [5, 5.41) is 10.5. The monoisotopic (exact) mass is 506 g/mol. The first-order chi connectivity index (χ1) is 17.0. The van der Waals surface area contributed by atoms with E-state index in [2.05, 4.69) is 15.0 Å². The van der Waals surface area contributed by atoms with Gasteiger partial charge in [-0.05, 0) is 29.7 Å². The number of aliphatic imine (C=N–C) groups is 1. The van der Waals surface area contributed by atoms with Crippen LogP contribution in [0.4, 0.5) is 23.2 Å². The van der Waals surface area contributed by atoms with Gasteiger partial charge in [-0.2, -0.15) is 0 Å². The van der Waals surface area contributed by atoms with Crippen LogP contribution in [0.25, 0.3) is 0 Å². The van der Waals surface area contributed by atoms with Crippen LogP contribution in [0.5, 0.6) is 5.75 Å². The molecule has 0 fully saturated rings. The van der Waals surface area contributed by atoms with E-state index < -0.39 is 41.7 Å². The van der Waals surface area contributed by atoms with E-state index in [1.54, 1.807) is 24.3 Å². The van der Waals surface area contributed by atoms with Crippen molar-refractivity contribution < 1.29 is 31.9 Å².